The molecule has 3 aromatic rings. The van der Waals surface area contributed by atoms with E-state index < -0.39 is 0 Å². The van der Waals surface area contributed by atoms with Gasteiger partial charge in [0.05, 0.1) is 25.6 Å². The van der Waals surface area contributed by atoms with Crippen molar-refractivity contribution in [3.05, 3.63) is 43.0 Å². The first-order chi connectivity index (χ1) is 13.2. The minimum atomic E-state index is 0.135. The van der Waals surface area contributed by atoms with Crippen molar-refractivity contribution in [2.75, 3.05) is 31.5 Å². The van der Waals surface area contributed by atoms with Gasteiger partial charge in [-0.1, -0.05) is 0 Å². The fourth-order valence-electron chi connectivity index (χ4n) is 2.39. The van der Waals surface area contributed by atoms with Gasteiger partial charge in [0.1, 0.15) is 12.1 Å². The summed E-state index contributed by atoms with van der Waals surface area (Å²) >= 11 is 0. The van der Waals surface area contributed by atoms with Gasteiger partial charge in [0, 0.05) is 31.0 Å². The number of nitrogens with zero attached hydrogens (tertiary/aromatic N) is 5. The molecule has 1 atom stereocenters. The molecule has 3 aromatic heterocycles. The van der Waals surface area contributed by atoms with E-state index in [0.717, 1.165) is 17.1 Å². The lowest BCUT2D eigenvalue weighted by Gasteiger charge is -2.13. The van der Waals surface area contributed by atoms with Gasteiger partial charge in [-0.15, -0.1) is 0 Å². The van der Waals surface area contributed by atoms with Gasteiger partial charge in [-0.05, 0) is 25.1 Å². The molecule has 0 radical (unpaired) electrons. The molecule has 3 rings (SSSR count). The Morgan fingerprint density at radius 1 is 1.07 bits per heavy atom. The van der Waals surface area contributed by atoms with E-state index in [9.17, 15) is 0 Å². The van der Waals surface area contributed by atoms with E-state index in [-0.39, 0.29) is 6.04 Å². The van der Waals surface area contributed by atoms with E-state index in [1.165, 1.54) is 6.33 Å². The Kier molecular flexibility index (Phi) is 6.06. The molecule has 0 aliphatic carbocycles. The van der Waals surface area contributed by atoms with Crippen molar-refractivity contribution in [3.63, 3.8) is 0 Å². The number of hydrogen-bond acceptors (Lipinski definition) is 9. The smallest absolute Gasteiger partial charge is 0.230 e. The fraction of sp³-hybridized carbons (Fsp3) is 0.278. The van der Waals surface area contributed by atoms with Gasteiger partial charge in [-0.25, -0.2) is 19.9 Å². The molecule has 0 aromatic carbocycles. The number of anilines is 3. The maximum atomic E-state index is 5.13. The minimum absolute atomic E-state index is 0.135. The second-order valence-electron chi connectivity index (χ2n) is 5.78. The van der Waals surface area contributed by atoms with Gasteiger partial charge in [-0.2, -0.15) is 4.98 Å². The summed E-state index contributed by atoms with van der Waals surface area (Å²) in [5.41, 5.74) is 1.58. The molecule has 140 valence electrons. The predicted molar refractivity (Wildman–Crippen MR) is 102 cm³/mol. The van der Waals surface area contributed by atoms with E-state index in [1.807, 2.05) is 25.1 Å². The van der Waals surface area contributed by atoms with Crippen molar-refractivity contribution in [2.45, 2.75) is 13.0 Å². The molecule has 0 saturated carbocycles. The minimum Gasteiger partial charge on any atom is -0.481 e. The zero-order valence-corrected chi connectivity index (χ0v) is 15.4. The van der Waals surface area contributed by atoms with E-state index in [0.29, 0.717) is 24.3 Å². The molecule has 0 fully saturated rings. The predicted octanol–water partition coefficient (Wildman–Crippen LogP) is 2.53. The summed E-state index contributed by atoms with van der Waals surface area (Å²) in [7, 11) is 3.24. The van der Waals surface area contributed by atoms with Gasteiger partial charge >= 0.3 is 0 Å². The topological polar surface area (TPSA) is 107 Å². The molecule has 2 N–H and O–H groups in total. The molecule has 9 nitrogen and oxygen atoms in total. The molecule has 0 aliphatic heterocycles. The second-order valence-corrected chi connectivity index (χ2v) is 5.78. The van der Waals surface area contributed by atoms with Crippen molar-refractivity contribution < 1.29 is 9.47 Å². The normalized spacial score (nSPS) is 11.7. The molecule has 9 heteroatoms. The fourth-order valence-corrected chi connectivity index (χ4v) is 2.39. The van der Waals surface area contributed by atoms with Crippen LogP contribution in [0.4, 0.5) is 17.5 Å². The Hall–Kier alpha value is -3.33. The highest BCUT2D eigenvalue weighted by Gasteiger charge is 2.08. The second kappa shape index (κ2) is 8.86. The van der Waals surface area contributed by atoms with Crippen LogP contribution in [0.5, 0.6) is 5.88 Å². The zero-order chi connectivity index (χ0) is 19.1. The van der Waals surface area contributed by atoms with Crippen LogP contribution < -0.4 is 15.4 Å². The van der Waals surface area contributed by atoms with Crippen LogP contribution >= 0.6 is 0 Å². The van der Waals surface area contributed by atoms with Crippen LogP contribution in [-0.4, -0.2) is 51.8 Å². The summed E-state index contributed by atoms with van der Waals surface area (Å²) in [5.74, 6) is 2.23. The van der Waals surface area contributed by atoms with Gasteiger partial charge < -0.3 is 20.1 Å². The van der Waals surface area contributed by atoms with Crippen LogP contribution in [0.15, 0.2) is 43.0 Å². The van der Waals surface area contributed by atoms with E-state index in [2.05, 4.69) is 35.6 Å². The molecule has 0 aliphatic rings. The van der Waals surface area contributed by atoms with Crippen molar-refractivity contribution in [2.24, 2.45) is 0 Å². The number of aromatic nitrogens is 5. The maximum Gasteiger partial charge on any atom is 0.230 e. The molecule has 0 saturated heterocycles. The van der Waals surface area contributed by atoms with Crippen molar-refractivity contribution in [1.29, 1.82) is 0 Å². The van der Waals surface area contributed by atoms with Crippen LogP contribution in [0.1, 0.15) is 6.92 Å². The number of hydrogen-bond donors (Lipinski definition) is 2. The SMILES string of the molecule is COCC(C)Nc1cc(-c2ncnc(Nc3ccc(OC)nc3)n2)ccn1. The third-order valence-electron chi connectivity index (χ3n) is 3.60. The lowest BCUT2D eigenvalue weighted by molar-refractivity contribution is 0.190. The third kappa shape index (κ3) is 5.08. The highest BCUT2D eigenvalue weighted by atomic mass is 16.5. The van der Waals surface area contributed by atoms with Crippen LogP contribution in [0.3, 0.4) is 0 Å². The molecule has 0 spiro atoms. The number of rotatable bonds is 8. The quantitative estimate of drug-likeness (QED) is 0.621. The monoisotopic (exact) mass is 367 g/mol. The van der Waals surface area contributed by atoms with E-state index in [1.54, 1.807) is 32.7 Å². The first kappa shape index (κ1) is 18.5. The summed E-state index contributed by atoms with van der Waals surface area (Å²) in [6, 6.07) is 7.46. The van der Waals surface area contributed by atoms with Gasteiger partial charge in [0.25, 0.3) is 0 Å². The molecular formula is C18H21N7O2. The summed E-state index contributed by atoms with van der Waals surface area (Å²) in [6.07, 6.45) is 4.82. The van der Waals surface area contributed by atoms with Crippen LogP contribution in [0, 0.1) is 0 Å². The Morgan fingerprint density at radius 2 is 1.96 bits per heavy atom. The lowest BCUT2D eigenvalue weighted by atomic mass is 10.2. The average molecular weight is 367 g/mol. The van der Waals surface area contributed by atoms with E-state index in [4.69, 9.17) is 9.47 Å². The first-order valence-corrected chi connectivity index (χ1v) is 8.36. The zero-order valence-electron chi connectivity index (χ0n) is 15.4. The van der Waals surface area contributed by atoms with Crippen molar-refractivity contribution in [3.8, 4) is 17.3 Å². The molecular weight excluding hydrogens is 346 g/mol. The highest BCUT2D eigenvalue weighted by molar-refractivity contribution is 5.61. The highest BCUT2D eigenvalue weighted by Crippen LogP contribution is 2.20. The summed E-state index contributed by atoms with van der Waals surface area (Å²) < 4.78 is 10.2. The Balaban J connectivity index is 1.76. The Bertz CT molecular complexity index is 874. The number of ether oxygens (including phenoxy) is 2. The first-order valence-electron chi connectivity index (χ1n) is 8.36. The van der Waals surface area contributed by atoms with Crippen LogP contribution in [0.25, 0.3) is 11.4 Å². The Morgan fingerprint density at radius 3 is 2.70 bits per heavy atom. The Labute approximate surface area is 157 Å². The van der Waals surface area contributed by atoms with Gasteiger partial charge in [0.2, 0.25) is 11.8 Å². The van der Waals surface area contributed by atoms with E-state index >= 15 is 0 Å². The van der Waals surface area contributed by atoms with Gasteiger partial charge in [0.15, 0.2) is 5.82 Å². The summed E-state index contributed by atoms with van der Waals surface area (Å²) in [6.45, 7) is 2.60. The average Bonchev–Trinajstić information content (AvgIpc) is 2.69. The van der Waals surface area contributed by atoms with Crippen molar-refractivity contribution in [1.82, 2.24) is 24.9 Å². The lowest BCUT2D eigenvalue weighted by Crippen LogP contribution is -2.21. The summed E-state index contributed by atoms with van der Waals surface area (Å²) in [5, 5.41) is 6.38. The molecule has 1 unspecified atom stereocenters. The standard InChI is InChI=1S/C18H21N7O2/c1-12(10-26-2)23-15-8-13(6-7-19-15)17-21-11-22-18(25-17)24-14-4-5-16(27-3)20-9-14/h4-9,11-12H,10H2,1-3H3,(H,19,23)(H,21,22,24,25). The number of pyridine rings is 2. The molecule has 3 heterocycles. The van der Waals surface area contributed by atoms with Crippen molar-refractivity contribution >= 4 is 17.5 Å². The third-order valence-corrected chi connectivity index (χ3v) is 3.60. The molecule has 0 amide bonds. The summed E-state index contributed by atoms with van der Waals surface area (Å²) in [4.78, 5) is 21.3. The molecule has 0 bridgehead atoms. The molecule has 27 heavy (non-hydrogen) atoms. The number of nitrogens with one attached hydrogen (secondary N) is 2. The van der Waals surface area contributed by atoms with Crippen LogP contribution in [0.2, 0.25) is 0 Å². The maximum absolute atomic E-state index is 5.13. The largest absolute Gasteiger partial charge is 0.481 e. The van der Waals surface area contributed by atoms with Crippen LogP contribution in [-0.2, 0) is 4.74 Å². The van der Waals surface area contributed by atoms with Gasteiger partial charge in [-0.3, -0.25) is 0 Å². The number of methoxy groups -OCH3 is 2.